The summed E-state index contributed by atoms with van der Waals surface area (Å²) in [5, 5.41) is 8.48. The summed E-state index contributed by atoms with van der Waals surface area (Å²) in [5.41, 5.74) is 4.79. The number of hydrogen-bond acceptors (Lipinski definition) is 6. The predicted octanol–water partition coefficient (Wildman–Crippen LogP) is 5.00. The van der Waals surface area contributed by atoms with Gasteiger partial charge in [0.25, 0.3) is 11.7 Å². The molecule has 1 unspecified atom stereocenters. The van der Waals surface area contributed by atoms with E-state index in [0.29, 0.717) is 22.3 Å². The summed E-state index contributed by atoms with van der Waals surface area (Å²) in [6.07, 6.45) is 0.932. The molecule has 4 aromatic rings. The molecule has 0 radical (unpaired) electrons. The van der Waals surface area contributed by atoms with Crippen molar-refractivity contribution in [2.24, 2.45) is 0 Å². The monoisotopic (exact) mass is 461 g/mol. The standard InChI is InChI=1S/C24H23N5OS2/c1-15-13-16(2)29-23(25-15)27-24(28-29)32-14-17-7-3-4-8-18(17)22(30)26-20-11-12-31-21-10-6-5-9-19(20)21/h3-10,13,20H,11-12,14H2,1-2H3,(H,26,30). The maximum atomic E-state index is 13.2. The van der Waals surface area contributed by atoms with Crippen molar-refractivity contribution in [3.8, 4) is 0 Å². The van der Waals surface area contributed by atoms with Crippen LogP contribution in [0, 0.1) is 13.8 Å². The van der Waals surface area contributed by atoms with E-state index in [0.717, 1.165) is 29.1 Å². The Bertz CT molecular complexity index is 1300. The molecule has 8 heteroatoms. The van der Waals surface area contributed by atoms with Crippen LogP contribution < -0.4 is 5.32 Å². The molecule has 0 saturated carbocycles. The van der Waals surface area contributed by atoms with Crippen LogP contribution in [0.5, 0.6) is 0 Å². The largest absolute Gasteiger partial charge is 0.345 e. The number of rotatable bonds is 5. The molecule has 0 spiro atoms. The molecule has 2 aromatic carbocycles. The molecule has 1 N–H and O–H groups in total. The molecular formula is C24H23N5OS2. The van der Waals surface area contributed by atoms with E-state index < -0.39 is 0 Å². The van der Waals surface area contributed by atoms with Crippen LogP contribution in [0.25, 0.3) is 5.78 Å². The minimum Gasteiger partial charge on any atom is -0.345 e. The number of aromatic nitrogens is 4. The van der Waals surface area contributed by atoms with Crippen LogP contribution in [0.2, 0.25) is 0 Å². The lowest BCUT2D eigenvalue weighted by Gasteiger charge is -2.26. The Balaban J connectivity index is 1.33. The zero-order valence-corrected chi connectivity index (χ0v) is 19.5. The molecule has 162 valence electrons. The van der Waals surface area contributed by atoms with Gasteiger partial charge in [-0.25, -0.2) is 9.50 Å². The lowest BCUT2D eigenvalue weighted by molar-refractivity contribution is 0.0934. The van der Waals surface area contributed by atoms with Crippen molar-refractivity contribution >= 4 is 35.2 Å². The van der Waals surface area contributed by atoms with Gasteiger partial charge in [0.2, 0.25) is 5.16 Å². The molecule has 1 aliphatic heterocycles. The molecule has 6 nitrogen and oxygen atoms in total. The second-order valence-corrected chi connectivity index (χ2v) is 9.87. The molecule has 2 aromatic heterocycles. The molecule has 0 bridgehead atoms. The van der Waals surface area contributed by atoms with Crippen molar-refractivity contribution < 1.29 is 4.79 Å². The number of carbonyl (C=O) groups is 1. The zero-order chi connectivity index (χ0) is 22.1. The topological polar surface area (TPSA) is 72.2 Å². The zero-order valence-electron chi connectivity index (χ0n) is 17.9. The normalized spacial score (nSPS) is 15.5. The summed E-state index contributed by atoms with van der Waals surface area (Å²) in [5.74, 6) is 2.18. The minimum absolute atomic E-state index is 0.0380. The Morgan fingerprint density at radius 2 is 1.97 bits per heavy atom. The molecule has 5 rings (SSSR count). The fourth-order valence-electron chi connectivity index (χ4n) is 3.95. The van der Waals surface area contributed by atoms with Crippen LogP contribution >= 0.6 is 23.5 Å². The van der Waals surface area contributed by atoms with Crippen LogP contribution in [-0.4, -0.2) is 31.2 Å². The van der Waals surface area contributed by atoms with Gasteiger partial charge in [-0.15, -0.1) is 16.9 Å². The number of hydrogen-bond donors (Lipinski definition) is 1. The van der Waals surface area contributed by atoms with Crippen molar-refractivity contribution in [1.29, 1.82) is 0 Å². The summed E-state index contributed by atoms with van der Waals surface area (Å²) in [6.45, 7) is 3.94. The van der Waals surface area contributed by atoms with Crippen molar-refractivity contribution in [3.63, 3.8) is 0 Å². The molecule has 1 amide bonds. The number of carbonyl (C=O) groups excluding carboxylic acids is 1. The number of nitrogens with one attached hydrogen (secondary N) is 1. The summed E-state index contributed by atoms with van der Waals surface area (Å²) in [4.78, 5) is 23.5. The first-order valence-electron chi connectivity index (χ1n) is 10.5. The summed E-state index contributed by atoms with van der Waals surface area (Å²) in [6, 6.07) is 18.1. The lowest BCUT2D eigenvalue weighted by atomic mass is 10.0. The second kappa shape index (κ2) is 8.96. The maximum absolute atomic E-state index is 13.2. The summed E-state index contributed by atoms with van der Waals surface area (Å²) in [7, 11) is 0. The fraction of sp³-hybridized carbons (Fsp3) is 0.250. The first kappa shape index (κ1) is 21.0. The highest BCUT2D eigenvalue weighted by molar-refractivity contribution is 7.99. The molecule has 0 aliphatic carbocycles. The summed E-state index contributed by atoms with van der Waals surface area (Å²) < 4.78 is 1.76. The van der Waals surface area contributed by atoms with Crippen LogP contribution in [0.15, 0.2) is 64.6 Å². The van der Waals surface area contributed by atoms with Gasteiger partial charge in [0.1, 0.15) is 0 Å². The van der Waals surface area contributed by atoms with Gasteiger partial charge >= 0.3 is 0 Å². The molecule has 3 heterocycles. The number of fused-ring (bicyclic) bond motifs is 2. The van der Waals surface area contributed by atoms with Crippen molar-refractivity contribution in [1.82, 2.24) is 24.9 Å². The number of thioether (sulfide) groups is 2. The number of aryl methyl sites for hydroxylation is 2. The van der Waals surface area contributed by atoms with E-state index in [1.54, 1.807) is 4.52 Å². The third-order valence-electron chi connectivity index (χ3n) is 5.48. The van der Waals surface area contributed by atoms with Gasteiger partial charge < -0.3 is 5.32 Å². The van der Waals surface area contributed by atoms with E-state index in [1.807, 2.05) is 68.1 Å². The molecule has 1 aliphatic rings. The van der Waals surface area contributed by atoms with Gasteiger partial charge in [-0.2, -0.15) is 4.98 Å². The third kappa shape index (κ3) is 4.25. The average Bonchev–Trinajstić information content (AvgIpc) is 3.21. The Morgan fingerprint density at radius 3 is 2.88 bits per heavy atom. The van der Waals surface area contributed by atoms with Crippen molar-refractivity contribution in [3.05, 3.63) is 82.7 Å². The maximum Gasteiger partial charge on any atom is 0.253 e. The summed E-state index contributed by atoms with van der Waals surface area (Å²) >= 11 is 3.37. The van der Waals surface area contributed by atoms with E-state index in [1.165, 1.54) is 22.2 Å². The van der Waals surface area contributed by atoms with Crippen molar-refractivity contribution in [2.75, 3.05) is 5.75 Å². The first-order chi connectivity index (χ1) is 15.6. The van der Waals surface area contributed by atoms with Gasteiger partial charge in [0.05, 0.1) is 6.04 Å². The van der Waals surface area contributed by atoms with Crippen molar-refractivity contribution in [2.45, 2.75) is 42.1 Å². The van der Waals surface area contributed by atoms with Gasteiger partial charge in [0.15, 0.2) is 0 Å². The molecular weight excluding hydrogens is 438 g/mol. The molecule has 0 fully saturated rings. The van der Waals surface area contributed by atoms with Gasteiger partial charge in [-0.1, -0.05) is 48.2 Å². The molecule has 32 heavy (non-hydrogen) atoms. The third-order valence-corrected chi connectivity index (χ3v) is 7.49. The van der Waals surface area contributed by atoms with E-state index in [2.05, 4.69) is 32.5 Å². The van der Waals surface area contributed by atoms with E-state index in [4.69, 9.17) is 0 Å². The van der Waals surface area contributed by atoms with E-state index in [9.17, 15) is 4.79 Å². The SMILES string of the molecule is Cc1cc(C)n2nc(SCc3ccccc3C(=O)NC3CCSc4ccccc43)nc2n1. The Labute approximate surface area is 195 Å². The Kier molecular flexibility index (Phi) is 5.89. The Hall–Kier alpha value is -2.84. The van der Waals surface area contributed by atoms with Crippen LogP contribution in [0.4, 0.5) is 0 Å². The number of nitrogens with zero attached hydrogens (tertiary/aromatic N) is 4. The van der Waals surface area contributed by atoms with Gasteiger partial charge in [-0.05, 0) is 49.6 Å². The second-order valence-electron chi connectivity index (χ2n) is 7.79. The van der Waals surface area contributed by atoms with Crippen LogP contribution in [0.3, 0.4) is 0 Å². The highest BCUT2D eigenvalue weighted by Gasteiger charge is 2.23. The van der Waals surface area contributed by atoms with E-state index in [-0.39, 0.29) is 11.9 Å². The lowest BCUT2D eigenvalue weighted by Crippen LogP contribution is -2.31. The quantitative estimate of drug-likeness (QED) is 0.422. The predicted molar refractivity (Wildman–Crippen MR) is 128 cm³/mol. The van der Waals surface area contributed by atoms with Crippen LogP contribution in [0.1, 0.15) is 45.3 Å². The highest BCUT2D eigenvalue weighted by Crippen LogP contribution is 2.36. The van der Waals surface area contributed by atoms with Crippen LogP contribution in [-0.2, 0) is 5.75 Å². The van der Waals surface area contributed by atoms with E-state index >= 15 is 0 Å². The highest BCUT2D eigenvalue weighted by atomic mass is 32.2. The number of amides is 1. The Morgan fingerprint density at radius 1 is 1.16 bits per heavy atom. The smallest absolute Gasteiger partial charge is 0.253 e. The number of benzene rings is 2. The first-order valence-corrected chi connectivity index (χ1v) is 12.5. The molecule has 1 atom stereocenters. The molecule has 0 saturated heterocycles. The average molecular weight is 462 g/mol. The van der Waals surface area contributed by atoms with Gasteiger partial charge in [-0.3, -0.25) is 4.79 Å². The fourth-order valence-corrected chi connectivity index (χ4v) is 5.89. The minimum atomic E-state index is -0.0380. The van der Waals surface area contributed by atoms with Gasteiger partial charge in [0, 0.05) is 33.4 Å².